The maximum absolute atomic E-state index is 11.8. The minimum Gasteiger partial charge on any atom is -0.481 e. The van der Waals surface area contributed by atoms with Gasteiger partial charge in [-0.25, -0.2) is 0 Å². The highest BCUT2D eigenvalue weighted by Gasteiger charge is 2.25. The lowest BCUT2D eigenvalue weighted by Gasteiger charge is -2.29. The highest BCUT2D eigenvalue weighted by molar-refractivity contribution is 8.00. The summed E-state index contributed by atoms with van der Waals surface area (Å²) >= 11 is 1.43. The monoisotopic (exact) mass is 267 g/mol. The van der Waals surface area contributed by atoms with Crippen LogP contribution in [0.15, 0.2) is 23.1 Å². The maximum Gasteiger partial charge on any atom is 0.305 e. The molecule has 0 saturated carbocycles. The van der Waals surface area contributed by atoms with Crippen LogP contribution in [-0.2, 0) is 16.2 Å². The van der Waals surface area contributed by atoms with Crippen LogP contribution in [0.5, 0.6) is 0 Å². The second-order valence-electron chi connectivity index (χ2n) is 3.94. The van der Waals surface area contributed by atoms with E-state index in [1.165, 1.54) is 16.7 Å². The molecule has 0 saturated heterocycles. The summed E-state index contributed by atoms with van der Waals surface area (Å²) < 4.78 is 0. The molecule has 0 radical (unpaired) electrons. The van der Waals surface area contributed by atoms with E-state index in [1.807, 2.05) is 6.07 Å². The van der Waals surface area contributed by atoms with Crippen molar-refractivity contribution in [2.24, 2.45) is 0 Å². The predicted octanol–water partition coefficient (Wildman–Crippen LogP) is 1.09. The van der Waals surface area contributed by atoms with E-state index < -0.39 is 5.97 Å². The molecule has 2 N–H and O–H groups in total. The maximum atomic E-state index is 11.8. The van der Waals surface area contributed by atoms with Crippen molar-refractivity contribution in [1.29, 1.82) is 0 Å². The van der Waals surface area contributed by atoms with Crippen LogP contribution >= 0.6 is 11.8 Å². The molecule has 1 amide bonds. The van der Waals surface area contributed by atoms with Crippen molar-refractivity contribution in [2.45, 2.75) is 17.9 Å². The lowest BCUT2D eigenvalue weighted by molar-refractivity contribution is -0.136. The number of amides is 1. The quantitative estimate of drug-likeness (QED) is 0.854. The molecule has 1 heterocycles. The van der Waals surface area contributed by atoms with Crippen LogP contribution in [0.1, 0.15) is 12.0 Å². The highest BCUT2D eigenvalue weighted by atomic mass is 32.2. The number of rotatable bonds is 4. The zero-order valence-electron chi connectivity index (χ0n) is 9.63. The van der Waals surface area contributed by atoms with Gasteiger partial charge in [-0.2, -0.15) is 0 Å². The third-order valence-corrected chi connectivity index (χ3v) is 3.75. The van der Waals surface area contributed by atoms with Gasteiger partial charge in [0.1, 0.15) is 0 Å². The molecule has 1 aromatic rings. The summed E-state index contributed by atoms with van der Waals surface area (Å²) in [5.74, 6) is -0.699. The fourth-order valence-electron chi connectivity index (χ4n) is 1.80. The molecule has 0 aliphatic carbocycles. The molecule has 0 unspecified atom stereocenters. The van der Waals surface area contributed by atoms with Crippen molar-refractivity contribution in [3.05, 3.63) is 23.8 Å². The number of hydrogen-bond acceptors (Lipinski definition) is 4. The van der Waals surface area contributed by atoms with Gasteiger partial charge in [-0.15, -0.1) is 11.8 Å². The number of thioether (sulfide) groups is 1. The van der Waals surface area contributed by atoms with Crippen LogP contribution in [0, 0.1) is 0 Å². The van der Waals surface area contributed by atoms with Gasteiger partial charge in [0.2, 0.25) is 5.91 Å². The zero-order valence-corrected chi connectivity index (χ0v) is 10.4. The van der Waals surface area contributed by atoms with E-state index in [1.54, 1.807) is 12.1 Å². The molecule has 0 bridgehead atoms. The number of benzene rings is 1. The van der Waals surface area contributed by atoms with Crippen LogP contribution in [-0.4, -0.2) is 34.4 Å². The number of aliphatic carboxylic acids is 1. The predicted molar refractivity (Wildman–Crippen MR) is 67.7 cm³/mol. The van der Waals surface area contributed by atoms with Crippen LogP contribution in [0.2, 0.25) is 0 Å². The third-order valence-electron chi connectivity index (χ3n) is 2.70. The molecule has 0 atom stereocenters. The van der Waals surface area contributed by atoms with E-state index in [4.69, 9.17) is 10.2 Å². The molecule has 6 heteroatoms. The highest BCUT2D eigenvalue weighted by Crippen LogP contribution is 2.36. The Hall–Kier alpha value is -1.53. The van der Waals surface area contributed by atoms with E-state index in [-0.39, 0.29) is 25.5 Å². The number of anilines is 1. The van der Waals surface area contributed by atoms with E-state index in [0.717, 1.165) is 4.90 Å². The molecule has 1 aromatic carbocycles. The average Bonchev–Trinajstić information content (AvgIpc) is 2.36. The molecule has 18 heavy (non-hydrogen) atoms. The minimum atomic E-state index is -0.930. The molecule has 1 aliphatic heterocycles. The topological polar surface area (TPSA) is 77.8 Å². The Morgan fingerprint density at radius 3 is 2.89 bits per heavy atom. The molecule has 0 aromatic heterocycles. The van der Waals surface area contributed by atoms with Gasteiger partial charge in [0.05, 0.1) is 24.5 Å². The average molecular weight is 267 g/mol. The minimum absolute atomic E-state index is 0.0841. The number of aliphatic hydroxyl groups is 1. The summed E-state index contributed by atoms with van der Waals surface area (Å²) in [6.07, 6.45) is -0.0841. The first-order chi connectivity index (χ1) is 8.61. The van der Waals surface area contributed by atoms with Crippen molar-refractivity contribution in [3.63, 3.8) is 0 Å². The van der Waals surface area contributed by atoms with Gasteiger partial charge in [0, 0.05) is 11.4 Å². The standard InChI is InChI=1S/C12H13NO4S/c14-6-8-1-2-10-9(5-8)13(4-3-12(16)17)11(15)7-18-10/h1-2,5,14H,3-4,6-7H2,(H,16,17). The summed E-state index contributed by atoms with van der Waals surface area (Å²) in [7, 11) is 0. The lowest BCUT2D eigenvalue weighted by Crippen LogP contribution is -2.37. The fraction of sp³-hybridized carbons (Fsp3) is 0.333. The van der Waals surface area contributed by atoms with E-state index in [0.29, 0.717) is 17.0 Å². The van der Waals surface area contributed by atoms with Crippen molar-refractivity contribution in [2.75, 3.05) is 17.2 Å². The Bertz CT molecular complexity index is 489. The molecule has 1 aliphatic rings. The Labute approximate surface area is 108 Å². The van der Waals surface area contributed by atoms with Gasteiger partial charge in [-0.1, -0.05) is 6.07 Å². The Balaban J connectivity index is 2.29. The number of carboxylic acid groups (broad SMARTS) is 1. The molecule has 96 valence electrons. The fourth-order valence-corrected chi connectivity index (χ4v) is 2.71. The summed E-state index contributed by atoms with van der Waals surface area (Å²) in [4.78, 5) is 24.8. The van der Waals surface area contributed by atoms with Crippen molar-refractivity contribution in [3.8, 4) is 0 Å². The second kappa shape index (κ2) is 5.41. The number of nitrogens with zero attached hydrogens (tertiary/aromatic N) is 1. The molecular formula is C12H13NO4S. The van der Waals surface area contributed by atoms with Gasteiger partial charge in [-0.05, 0) is 17.7 Å². The van der Waals surface area contributed by atoms with Gasteiger partial charge < -0.3 is 15.1 Å². The molecular weight excluding hydrogens is 254 g/mol. The summed E-state index contributed by atoms with van der Waals surface area (Å²) in [6.45, 7) is 0.0650. The normalized spacial score (nSPS) is 14.5. The smallest absolute Gasteiger partial charge is 0.305 e. The number of carboxylic acids is 1. The Kier molecular flexibility index (Phi) is 3.88. The summed E-state index contributed by atoms with van der Waals surface area (Å²) in [6, 6.07) is 5.39. The number of carbonyl (C=O) groups excluding carboxylic acids is 1. The van der Waals surface area contributed by atoms with Gasteiger partial charge in [0.25, 0.3) is 0 Å². The zero-order chi connectivity index (χ0) is 13.1. The summed E-state index contributed by atoms with van der Waals surface area (Å²) in [5, 5.41) is 17.8. The SMILES string of the molecule is O=C(O)CCN1C(=O)CSc2ccc(CO)cc21. The van der Waals surface area contributed by atoms with Crippen molar-refractivity contribution >= 4 is 29.3 Å². The first kappa shape index (κ1) is 12.9. The first-order valence-electron chi connectivity index (χ1n) is 5.50. The summed E-state index contributed by atoms with van der Waals surface area (Å²) in [5.41, 5.74) is 1.41. The van der Waals surface area contributed by atoms with Crippen LogP contribution in [0.25, 0.3) is 0 Å². The van der Waals surface area contributed by atoms with Crippen molar-refractivity contribution in [1.82, 2.24) is 0 Å². The van der Waals surface area contributed by atoms with Crippen molar-refractivity contribution < 1.29 is 19.8 Å². The number of aliphatic hydroxyl groups excluding tert-OH is 1. The molecule has 0 fully saturated rings. The third kappa shape index (κ3) is 2.65. The van der Waals surface area contributed by atoms with Crippen LogP contribution < -0.4 is 4.90 Å². The lowest BCUT2D eigenvalue weighted by atomic mass is 10.2. The first-order valence-corrected chi connectivity index (χ1v) is 6.49. The number of hydrogen-bond donors (Lipinski definition) is 2. The Morgan fingerprint density at radius 1 is 1.44 bits per heavy atom. The molecule has 0 spiro atoms. The van der Waals surface area contributed by atoms with Gasteiger partial charge in [0.15, 0.2) is 0 Å². The Morgan fingerprint density at radius 2 is 2.22 bits per heavy atom. The molecule has 5 nitrogen and oxygen atoms in total. The second-order valence-corrected chi connectivity index (χ2v) is 4.96. The van der Waals surface area contributed by atoms with Crippen LogP contribution in [0.4, 0.5) is 5.69 Å². The number of fused-ring (bicyclic) bond motifs is 1. The van der Waals surface area contributed by atoms with Gasteiger partial charge >= 0.3 is 5.97 Å². The van der Waals surface area contributed by atoms with Gasteiger partial charge in [-0.3, -0.25) is 9.59 Å². The number of carbonyl (C=O) groups is 2. The van der Waals surface area contributed by atoms with E-state index in [9.17, 15) is 9.59 Å². The van der Waals surface area contributed by atoms with Crippen LogP contribution in [0.3, 0.4) is 0 Å². The van der Waals surface area contributed by atoms with E-state index >= 15 is 0 Å². The molecule has 2 rings (SSSR count). The van der Waals surface area contributed by atoms with E-state index in [2.05, 4.69) is 0 Å². The largest absolute Gasteiger partial charge is 0.481 e.